The van der Waals surface area contributed by atoms with Crippen molar-refractivity contribution in [3.63, 3.8) is 0 Å². The number of carbonyl (C=O) groups excluding carboxylic acids is 2. The standard InChI is InChI=1S/C33H34N6O4S/c1-38-24-11-9-21(14-20(24)16-26(38)30(41)42)35-31(43)33(12-5-13-33)37-29(40)19-8-10-22-25(15-19)39(2)28(23-17-44-32(34)36-23)27(22)18-6-3-4-7-18/h8-11,14-18H,3-7,12-13H2,1-2H3,(H2,34,36)(H,35,43)(H,37,40)(H,41,42). The van der Waals surface area contributed by atoms with Crippen molar-refractivity contribution < 1.29 is 19.5 Å². The molecule has 2 saturated carbocycles. The monoisotopic (exact) mass is 610 g/mol. The number of anilines is 2. The Bertz CT molecular complexity index is 1970. The van der Waals surface area contributed by atoms with Crippen molar-refractivity contribution in [2.75, 3.05) is 11.1 Å². The molecule has 0 aliphatic heterocycles. The van der Waals surface area contributed by atoms with Gasteiger partial charge in [-0.25, -0.2) is 9.78 Å². The maximum absolute atomic E-state index is 13.7. The van der Waals surface area contributed by atoms with Crippen LogP contribution < -0.4 is 16.4 Å². The van der Waals surface area contributed by atoms with Crippen LogP contribution in [0.1, 0.15) is 77.3 Å². The second kappa shape index (κ2) is 10.5. The summed E-state index contributed by atoms with van der Waals surface area (Å²) in [5, 5.41) is 19.8. The fourth-order valence-corrected chi connectivity index (χ4v) is 7.60. The van der Waals surface area contributed by atoms with Crippen LogP contribution in [0.2, 0.25) is 0 Å². The van der Waals surface area contributed by atoms with E-state index in [0.29, 0.717) is 40.5 Å². The van der Waals surface area contributed by atoms with Crippen LogP contribution in [0.15, 0.2) is 47.8 Å². The number of aromatic nitrogens is 3. The van der Waals surface area contributed by atoms with Gasteiger partial charge in [-0.05, 0) is 80.0 Å². The van der Waals surface area contributed by atoms with E-state index < -0.39 is 11.5 Å². The van der Waals surface area contributed by atoms with Gasteiger partial charge in [0.25, 0.3) is 5.91 Å². The average Bonchev–Trinajstić information content (AvgIpc) is 3.77. The normalized spacial score (nSPS) is 16.3. The quantitative estimate of drug-likeness (QED) is 0.177. The fourth-order valence-electron chi connectivity index (χ4n) is 7.05. The highest BCUT2D eigenvalue weighted by atomic mass is 32.1. The molecule has 2 aliphatic rings. The summed E-state index contributed by atoms with van der Waals surface area (Å²) in [6, 6.07) is 12.7. The molecule has 5 N–H and O–H groups in total. The topological polar surface area (TPSA) is 144 Å². The van der Waals surface area contributed by atoms with Crippen molar-refractivity contribution in [2.24, 2.45) is 14.1 Å². The summed E-state index contributed by atoms with van der Waals surface area (Å²) in [6.45, 7) is 0. The molecule has 2 aliphatic carbocycles. The predicted octanol–water partition coefficient (Wildman–Crippen LogP) is 6.02. The number of nitrogens with one attached hydrogen (secondary N) is 2. The summed E-state index contributed by atoms with van der Waals surface area (Å²) in [5.74, 6) is -1.16. The molecule has 10 nitrogen and oxygen atoms in total. The number of nitrogen functional groups attached to an aromatic ring is 1. The second-order valence-electron chi connectivity index (χ2n) is 12.1. The molecule has 0 bridgehead atoms. The summed E-state index contributed by atoms with van der Waals surface area (Å²) in [5.41, 5.74) is 11.1. The van der Waals surface area contributed by atoms with E-state index in [9.17, 15) is 19.5 Å². The number of carbonyl (C=O) groups is 3. The van der Waals surface area contributed by atoms with E-state index in [1.165, 1.54) is 29.7 Å². The van der Waals surface area contributed by atoms with E-state index in [1.807, 2.05) is 30.6 Å². The molecule has 0 spiro atoms. The second-order valence-corrected chi connectivity index (χ2v) is 13.0. The van der Waals surface area contributed by atoms with Gasteiger partial charge in [0.2, 0.25) is 5.91 Å². The number of hydrogen-bond donors (Lipinski definition) is 4. The van der Waals surface area contributed by atoms with E-state index in [-0.39, 0.29) is 17.5 Å². The number of rotatable bonds is 7. The van der Waals surface area contributed by atoms with Gasteiger partial charge in [-0.2, -0.15) is 0 Å². The lowest BCUT2D eigenvalue weighted by atomic mass is 9.75. The maximum atomic E-state index is 13.7. The Labute approximate surface area is 257 Å². The van der Waals surface area contributed by atoms with Gasteiger partial charge in [-0.3, -0.25) is 9.59 Å². The molecule has 2 fully saturated rings. The molecule has 7 rings (SSSR count). The fraction of sp³-hybridized carbons (Fsp3) is 0.333. The Morgan fingerprint density at radius 1 is 1.00 bits per heavy atom. The molecule has 2 amide bonds. The first-order chi connectivity index (χ1) is 21.1. The number of nitrogens with zero attached hydrogens (tertiary/aromatic N) is 3. The Balaban J connectivity index is 1.16. The van der Waals surface area contributed by atoms with Crippen molar-refractivity contribution in [1.29, 1.82) is 0 Å². The van der Waals surface area contributed by atoms with Gasteiger partial charge < -0.3 is 30.6 Å². The number of benzene rings is 2. The van der Waals surface area contributed by atoms with Crippen LogP contribution in [0, 0.1) is 0 Å². The van der Waals surface area contributed by atoms with E-state index in [0.717, 1.165) is 47.1 Å². The van der Waals surface area contributed by atoms with Crippen LogP contribution in [0.25, 0.3) is 33.2 Å². The Morgan fingerprint density at radius 2 is 1.77 bits per heavy atom. The zero-order valence-corrected chi connectivity index (χ0v) is 25.5. The Kier molecular flexibility index (Phi) is 6.73. The van der Waals surface area contributed by atoms with E-state index in [1.54, 1.807) is 35.9 Å². The SMILES string of the molecule is Cn1c(C(=O)O)cc2cc(NC(=O)C3(NC(=O)c4ccc5c(C6CCCC6)c(-c6csc(N)n6)n(C)c5c4)CCC3)ccc21. The molecule has 5 aromatic rings. The summed E-state index contributed by atoms with van der Waals surface area (Å²) in [4.78, 5) is 43.4. The largest absolute Gasteiger partial charge is 0.477 e. The number of fused-ring (bicyclic) bond motifs is 2. The highest BCUT2D eigenvalue weighted by Crippen LogP contribution is 2.45. The summed E-state index contributed by atoms with van der Waals surface area (Å²) in [6.07, 6.45) is 6.56. The van der Waals surface area contributed by atoms with E-state index in [4.69, 9.17) is 5.73 Å². The molecule has 0 atom stereocenters. The number of hydrogen-bond acceptors (Lipinski definition) is 6. The van der Waals surface area contributed by atoms with Crippen molar-refractivity contribution in [1.82, 2.24) is 19.4 Å². The minimum atomic E-state index is -1.02. The smallest absolute Gasteiger partial charge is 0.352 e. The van der Waals surface area contributed by atoms with Crippen molar-refractivity contribution in [3.05, 3.63) is 64.7 Å². The molecular formula is C33H34N6O4S. The molecule has 44 heavy (non-hydrogen) atoms. The number of thiazole rings is 1. The first-order valence-electron chi connectivity index (χ1n) is 15.0. The third-order valence-corrected chi connectivity index (χ3v) is 10.2. The highest BCUT2D eigenvalue weighted by molar-refractivity contribution is 7.13. The summed E-state index contributed by atoms with van der Waals surface area (Å²) >= 11 is 1.43. The lowest BCUT2D eigenvalue weighted by Gasteiger charge is -2.40. The van der Waals surface area contributed by atoms with Crippen molar-refractivity contribution >= 4 is 61.7 Å². The van der Waals surface area contributed by atoms with Gasteiger partial charge in [0.05, 0.1) is 5.69 Å². The number of aromatic carboxylic acids is 1. The van der Waals surface area contributed by atoms with Crippen molar-refractivity contribution in [2.45, 2.75) is 56.4 Å². The molecule has 3 aromatic heterocycles. The molecule has 226 valence electrons. The number of carboxylic acids is 1. The van der Waals surface area contributed by atoms with E-state index in [2.05, 4.69) is 20.2 Å². The zero-order valence-electron chi connectivity index (χ0n) is 24.6. The summed E-state index contributed by atoms with van der Waals surface area (Å²) in [7, 11) is 3.71. The van der Waals surface area contributed by atoms with Gasteiger partial charge in [0, 0.05) is 52.5 Å². The third kappa shape index (κ3) is 4.54. The molecule has 3 heterocycles. The molecule has 0 radical (unpaired) electrons. The molecule has 2 aromatic carbocycles. The third-order valence-electron chi connectivity index (χ3n) is 9.54. The Morgan fingerprint density at radius 3 is 2.43 bits per heavy atom. The number of aryl methyl sites for hydroxylation is 2. The summed E-state index contributed by atoms with van der Waals surface area (Å²) < 4.78 is 3.72. The van der Waals surface area contributed by atoms with Gasteiger partial charge >= 0.3 is 5.97 Å². The van der Waals surface area contributed by atoms with Crippen LogP contribution in [0.4, 0.5) is 10.8 Å². The first kappa shape index (κ1) is 28.1. The van der Waals surface area contributed by atoms with Gasteiger partial charge in [0.15, 0.2) is 5.13 Å². The molecular weight excluding hydrogens is 576 g/mol. The van der Waals surface area contributed by atoms with Crippen LogP contribution in [-0.2, 0) is 18.9 Å². The molecule has 0 saturated heterocycles. The zero-order chi connectivity index (χ0) is 30.7. The number of amides is 2. The maximum Gasteiger partial charge on any atom is 0.352 e. The highest BCUT2D eigenvalue weighted by Gasteiger charge is 2.45. The van der Waals surface area contributed by atoms with Crippen LogP contribution in [0.3, 0.4) is 0 Å². The van der Waals surface area contributed by atoms with Crippen LogP contribution >= 0.6 is 11.3 Å². The predicted molar refractivity (Wildman–Crippen MR) is 172 cm³/mol. The number of nitrogens with two attached hydrogens (primary N) is 1. The van der Waals surface area contributed by atoms with Gasteiger partial charge in [-0.1, -0.05) is 18.9 Å². The minimum absolute atomic E-state index is 0.166. The molecule has 0 unspecified atom stereocenters. The average molecular weight is 611 g/mol. The lowest BCUT2D eigenvalue weighted by Crippen LogP contribution is -2.61. The van der Waals surface area contributed by atoms with Crippen molar-refractivity contribution in [3.8, 4) is 11.4 Å². The molecule has 11 heteroatoms. The minimum Gasteiger partial charge on any atom is -0.477 e. The Hall–Kier alpha value is -4.64. The van der Waals surface area contributed by atoms with E-state index >= 15 is 0 Å². The number of carboxylic acid groups (broad SMARTS) is 1. The van der Waals surface area contributed by atoms with Crippen LogP contribution in [0.5, 0.6) is 0 Å². The van der Waals surface area contributed by atoms with Gasteiger partial charge in [-0.15, -0.1) is 11.3 Å². The van der Waals surface area contributed by atoms with Crippen LogP contribution in [-0.4, -0.2) is 42.5 Å². The van der Waals surface area contributed by atoms with Gasteiger partial charge in [0.1, 0.15) is 16.9 Å². The lowest BCUT2D eigenvalue weighted by molar-refractivity contribution is -0.125. The first-order valence-corrected chi connectivity index (χ1v) is 15.8.